The zero-order valence-electron chi connectivity index (χ0n) is 18.2. The van der Waals surface area contributed by atoms with Gasteiger partial charge in [-0.25, -0.2) is 0 Å². The molecular formula is C24H33ClN2O2S. The standard InChI is InChI=1S/C22H27ClN2O2S.C2H6/c1-26-20-12-17(11-18(21(20)23)16-2-3-16)19-10-15(4-7-24-19)13-25-8-5-22(6-9-25)27-14-28-22;1-2/h4,7,10-12,16,19,24H,2-3,5-6,8-9,13-14H2,1H3;1-2H3. The number of hydrogen-bond acceptors (Lipinski definition) is 5. The van der Waals surface area contributed by atoms with E-state index < -0.39 is 0 Å². The third kappa shape index (κ3) is 4.69. The second kappa shape index (κ2) is 9.56. The van der Waals surface area contributed by atoms with Crippen LogP contribution in [0.2, 0.25) is 5.02 Å². The Hall–Kier alpha value is -1.14. The van der Waals surface area contributed by atoms with E-state index >= 15 is 0 Å². The van der Waals surface area contributed by atoms with E-state index in [0.717, 1.165) is 49.2 Å². The molecule has 0 aromatic heterocycles. The predicted octanol–water partition coefficient (Wildman–Crippen LogP) is 5.85. The first-order chi connectivity index (χ1) is 14.7. The van der Waals surface area contributed by atoms with E-state index in [2.05, 4.69) is 40.7 Å². The molecular weight excluding hydrogens is 416 g/mol. The third-order valence-electron chi connectivity index (χ3n) is 6.31. The molecule has 1 aromatic carbocycles. The van der Waals surface area contributed by atoms with Gasteiger partial charge in [-0.15, -0.1) is 0 Å². The molecule has 4 aliphatic rings. The average molecular weight is 449 g/mol. The smallest absolute Gasteiger partial charge is 0.138 e. The van der Waals surface area contributed by atoms with Crippen LogP contribution in [-0.2, 0) is 4.74 Å². The zero-order chi connectivity index (χ0) is 21.1. The van der Waals surface area contributed by atoms with Crippen molar-refractivity contribution < 1.29 is 9.47 Å². The number of likely N-dealkylation sites (tertiary alicyclic amines) is 1. The summed E-state index contributed by atoms with van der Waals surface area (Å²) in [5, 5.41) is 4.27. The molecule has 1 atom stereocenters. The zero-order valence-corrected chi connectivity index (χ0v) is 19.8. The molecule has 3 aliphatic heterocycles. The summed E-state index contributed by atoms with van der Waals surface area (Å²) in [6.07, 6.45) is 11.3. The lowest BCUT2D eigenvalue weighted by Gasteiger charge is -2.46. The van der Waals surface area contributed by atoms with Gasteiger partial charge in [0.2, 0.25) is 0 Å². The molecule has 1 unspecified atom stereocenters. The number of halogens is 1. The minimum absolute atomic E-state index is 0.135. The van der Waals surface area contributed by atoms with Crippen molar-refractivity contribution in [3.63, 3.8) is 0 Å². The maximum absolute atomic E-state index is 6.56. The number of piperidine rings is 1. The number of ether oxygens (including phenoxy) is 2. The Bertz CT molecular complexity index is 808. The van der Waals surface area contributed by atoms with Crippen LogP contribution >= 0.6 is 23.4 Å². The van der Waals surface area contributed by atoms with Gasteiger partial charge < -0.3 is 14.8 Å². The molecule has 1 saturated carbocycles. The quantitative estimate of drug-likeness (QED) is 0.611. The van der Waals surface area contributed by atoms with Crippen LogP contribution in [-0.4, -0.2) is 42.5 Å². The fourth-order valence-electron chi connectivity index (χ4n) is 4.36. The number of rotatable bonds is 5. The molecule has 3 heterocycles. The van der Waals surface area contributed by atoms with E-state index in [-0.39, 0.29) is 11.0 Å². The summed E-state index contributed by atoms with van der Waals surface area (Å²) in [7, 11) is 1.70. The number of thioether (sulfide) groups is 1. The number of nitrogens with zero attached hydrogens (tertiary/aromatic N) is 1. The van der Waals surface area contributed by atoms with E-state index in [0.29, 0.717) is 5.92 Å². The number of nitrogens with one attached hydrogen (secondary N) is 1. The predicted molar refractivity (Wildman–Crippen MR) is 126 cm³/mol. The van der Waals surface area contributed by atoms with Gasteiger partial charge in [-0.3, -0.25) is 4.90 Å². The summed E-state index contributed by atoms with van der Waals surface area (Å²) in [5.74, 6) is 2.25. The normalized spacial score (nSPS) is 24.9. The molecule has 4 nitrogen and oxygen atoms in total. The molecule has 30 heavy (non-hydrogen) atoms. The summed E-state index contributed by atoms with van der Waals surface area (Å²) < 4.78 is 11.4. The van der Waals surface area contributed by atoms with E-state index in [1.165, 1.54) is 29.5 Å². The molecule has 0 radical (unpaired) electrons. The van der Waals surface area contributed by atoms with Crippen molar-refractivity contribution in [2.45, 2.75) is 56.4 Å². The monoisotopic (exact) mass is 448 g/mol. The average Bonchev–Trinajstić information content (AvgIpc) is 3.60. The van der Waals surface area contributed by atoms with Gasteiger partial charge in [-0.05, 0) is 66.6 Å². The first-order valence-electron chi connectivity index (χ1n) is 11.2. The molecule has 1 N–H and O–H groups in total. The number of benzene rings is 1. The Labute approximate surface area is 190 Å². The highest BCUT2D eigenvalue weighted by Crippen LogP contribution is 2.47. The summed E-state index contributed by atoms with van der Waals surface area (Å²) >= 11 is 8.54. The molecule has 0 amide bonds. The van der Waals surface area contributed by atoms with Crippen LogP contribution in [0.4, 0.5) is 0 Å². The second-order valence-corrected chi connectivity index (χ2v) is 9.86. The summed E-state index contributed by atoms with van der Waals surface area (Å²) in [4.78, 5) is 2.68. The van der Waals surface area contributed by atoms with Crippen molar-refractivity contribution in [3.8, 4) is 5.75 Å². The van der Waals surface area contributed by atoms with Gasteiger partial charge in [0.15, 0.2) is 0 Å². The molecule has 1 spiro atoms. The van der Waals surface area contributed by atoms with Crippen LogP contribution in [0.1, 0.15) is 62.6 Å². The third-order valence-corrected chi connectivity index (χ3v) is 8.00. The molecule has 0 bridgehead atoms. The minimum atomic E-state index is 0.135. The van der Waals surface area contributed by atoms with Gasteiger partial charge in [0, 0.05) is 19.6 Å². The van der Waals surface area contributed by atoms with Crippen LogP contribution in [0.25, 0.3) is 0 Å². The van der Waals surface area contributed by atoms with Crippen molar-refractivity contribution in [2.24, 2.45) is 0 Å². The van der Waals surface area contributed by atoms with Crippen molar-refractivity contribution in [1.82, 2.24) is 10.2 Å². The van der Waals surface area contributed by atoms with E-state index in [4.69, 9.17) is 21.1 Å². The van der Waals surface area contributed by atoms with Gasteiger partial charge in [0.25, 0.3) is 0 Å². The first-order valence-corrected chi connectivity index (χ1v) is 12.5. The molecule has 164 valence electrons. The Morgan fingerprint density at radius 3 is 2.60 bits per heavy atom. The fourth-order valence-corrected chi connectivity index (χ4v) is 5.62. The van der Waals surface area contributed by atoms with E-state index in [1.54, 1.807) is 7.11 Å². The topological polar surface area (TPSA) is 33.7 Å². The van der Waals surface area contributed by atoms with Crippen molar-refractivity contribution in [3.05, 3.63) is 52.2 Å². The molecule has 6 heteroatoms. The van der Waals surface area contributed by atoms with Gasteiger partial charge in [-0.2, -0.15) is 0 Å². The Kier molecular flexibility index (Phi) is 7.03. The minimum Gasteiger partial charge on any atom is -0.495 e. The highest BCUT2D eigenvalue weighted by atomic mass is 35.5. The van der Waals surface area contributed by atoms with Crippen LogP contribution < -0.4 is 10.1 Å². The fraction of sp³-hybridized carbons (Fsp3) is 0.583. The maximum atomic E-state index is 6.56. The molecule has 1 aromatic rings. The summed E-state index contributed by atoms with van der Waals surface area (Å²) in [5.41, 5.74) is 3.83. The van der Waals surface area contributed by atoms with Gasteiger partial charge >= 0.3 is 0 Å². The lowest BCUT2D eigenvalue weighted by Crippen LogP contribution is -2.49. The lowest BCUT2D eigenvalue weighted by atomic mass is 9.97. The largest absolute Gasteiger partial charge is 0.495 e. The van der Waals surface area contributed by atoms with Crippen LogP contribution in [0, 0.1) is 0 Å². The van der Waals surface area contributed by atoms with E-state index in [9.17, 15) is 0 Å². The number of hydrogen-bond donors (Lipinski definition) is 1. The summed E-state index contributed by atoms with van der Waals surface area (Å²) in [6.45, 7) is 7.21. The first kappa shape index (κ1) is 22.1. The van der Waals surface area contributed by atoms with E-state index in [1.807, 2.05) is 25.6 Å². The van der Waals surface area contributed by atoms with Gasteiger partial charge in [0.1, 0.15) is 10.7 Å². The summed E-state index contributed by atoms with van der Waals surface area (Å²) in [6, 6.07) is 4.50. The highest BCUT2D eigenvalue weighted by Gasteiger charge is 2.42. The molecule has 1 aliphatic carbocycles. The molecule has 2 saturated heterocycles. The Balaban J connectivity index is 0.00000106. The van der Waals surface area contributed by atoms with Crippen LogP contribution in [0.5, 0.6) is 5.75 Å². The van der Waals surface area contributed by atoms with Gasteiger partial charge in [0.05, 0.1) is 24.1 Å². The SMILES string of the molecule is CC.COc1cc(C2C=C(CN3CCC4(CC3)OCS4)C=CN2)cc(C2CC2)c1Cl. The molecule has 3 fully saturated rings. The maximum Gasteiger partial charge on any atom is 0.138 e. The molecule has 5 rings (SSSR count). The highest BCUT2D eigenvalue weighted by molar-refractivity contribution is 8.01. The van der Waals surface area contributed by atoms with Crippen molar-refractivity contribution in [1.29, 1.82) is 0 Å². The lowest BCUT2D eigenvalue weighted by molar-refractivity contribution is -0.0213. The number of methoxy groups -OCH3 is 1. The Morgan fingerprint density at radius 1 is 1.27 bits per heavy atom. The van der Waals surface area contributed by atoms with Crippen LogP contribution in [0.3, 0.4) is 0 Å². The second-order valence-electron chi connectivity index (χ2n) is 8.21. The Morgan fingerprint density at radius 2 is 2.00 bits per heavy atom. The van der Waals surface area contributed by atoms with Crippen LogP contribution in [0.15, 0.2) is 36.1 Å². The van der Waals surface area contributed by atoms with Crippen molar-refractivity contribution >= 4 is 23.4 Å². The van der Waals surface area contributed by atoms with Crippen molar-refractivity contribution in [2.75, 3.05) is 32.7 Å². The number of dihydropyridines is 1. The van der Waals surface area contributed by atoms with Gasteiger partial charge in [-0.1, -0.05) is 49.4 Å².